The van der Waals surface area contributed by atoms with Crippen molar-refractivity contribution in [2.75, 3.05) is 19.8 Å². The number of para-hydroxylation sites is 1. The fourth-order valence-electron chi connectivity index (χ4n) is 6.04. The fraction of sp³-hybridized carbons (Fsp3) is 0.459. The molecular formula is C37H42F4N4O14P+. The van der Waals surface area contributed by atoms with E-state index in [-0.39, 0.29) is 5.75 Å². The van der Waals surface area contributed by atoms with Gasteiger partial charge in [-0.3, -0.25) is 43.4 Å². The number of amides is 3. The molecule has 4 aliphatic heterocycles. The van der Waals surface area contributed by atoms with Crippen LogP contribution >= 0.6 is 7.75 Å². The zero-order chi connectivity index (χ0) is 44.8. The molecule has 0 saturated carbocycles. The minimum Gasteiger partial charge on any atom is -0.462 e. The van der Waals surface area contributed by atoms with Crippen LogP contribution in [0.5, 0.6) is 5.75 Å². The Hall–Kier alpha value is -5.11. The van der Waals surface area contributed by atoms with Gasteiger partial charge < -0.3 is 29.3 Å². The molecule has 4 aliphatic rings. The summed E-state index contributed by atoms with van der Waals surface area (Å²) in [5, 5.41) is 33.7. The summed E-state index contributed by atoms with van der Waals surface area (Å²) >= 11 is 0. The number of imide groups is 1. The van der Waals surface area contributed by atoms with Crippen LogP contribution in [0.3, 0.4) is 0 Å². The number of esters is 1. The van der Waals surface area contributed by atoms with Crippen molar-refractivity contribution in [2.24, 2.45) is 0 Å². The first-order valence-electron chi connectivity index (χ1n) is 17.8. The standard InChI is InChI=1S/C24H28F2N3O9P.C13H13F2NO5/c1-5-11-23(25)21(33)24(26,37-22(23)29-12-18(30)27-19(31)13-29)14-35-39(34,38-17-9-7-6-8-10-17)28-16(4)20(32)36-15(2)3;1-2-4-12(14)10(20)13(15,7-17)21-11(12)16-5-3-8(18)6-9(16)19/h6-12,15-16,21-22,33H,1,13-14H2,2-4H3,(H-,27,28,30,31,34);3-5,10-11,17,20H,1,6-7H2/p+1/t16-,21-,22+,23+,24+,39?;10-,11+,12+,13+/m00/s1. The second-order valence-corrected chi connectivity index (χ2v) is 15.5. The normalized spacial score (nSPS) is 32.7. The number of benzene rings is 1. The molecule has 1 aromatic rings. The topological polar surface area (TPSA) is 240 Å². The number of ketones is 1. The van der Waals surface area contributed by atoms with Gasteiger partial charge in [-0.2, -0.15) is 9.66 Å². The number of rotatable bonds is 14. The van der Waals surface area contributed by atoms with Gasteiger partial charge in [0.15, 0.2) is 24.2 Å². The molecule has 2 fully saturated rings. The summed E-state index contributed by atoms with van der Waals surface area (Å²) in [7, 11) is -4.63. The summed E-state index contributed by atoms with van der Waals surface area (Å²) in [5.41, 5.74) is -1.79. The van der Waals surface area contributed by atoms with E-state index in [9.17, 15) is 47.5 Å². The maximum Gasteiger partial charge on any atom is 0.459 e. The van der Waals surface area contributed by atoms with Crippen LogP contribution in [0.25, 0.3) is 0 Å². The number of carbonyl (C=O) groups excluding carboxylic acids is 5. The summed E-state index contributed by atoms with van der Waals surface area (Å²) in [6.07, 6.45) is -6.08. The maximum atomic E-state index is 16.0. The highest BCUT2D eigenvalue weighted by Crippen LogP contribution is 2.50. The number of alkyl halides is 4. The summed E-state index contributed by atoms with van der Waals surface area (Å²) in [6.45, 7) is 7.57. The van der Waals surface area contributed by atoms with Gasteiger partial charge >= 0.3 is 25.9 Å². The third-order valence-corrected chi connectivity index (χ3v) is 10.4. The summed E-state index contributed by atoms with van der Waals surface area (Å²) in [5.74, 6) is -10.4. The third kappa shape index (κ3) is 10.2. The first-order chi connectivity index (χ1) is 28.0. The first-order valence-corrected chi connectivity index (χ1v) is 19.3. The minimum atomic E-state index is -4.63. The van der Waals surface area contributed by atoms with E-state index >= 15 is 8.78 Å². The molecule has 5 rings (SSSR count). The van der Waals surface area contributed by atoms with E-state index in [0.717, 1.165) is 23.1 Å². The third-order valence-electron chi connectivity index (χ3n) is 8.81. The average Bonchev–Trinajstić information content (AvgIpc) is 3.49. The van der Waals surface area contributed by atoms with Crippen LogP contribution < -0.4 is 14.9 Å². The molecular weight excluding hydrogens is 831 g/mol. The van der Waals surface area contributed by atoms with Crippen LogP contribution in [0.15, 0.2) is 79.4 Å². The Kier molecular flexibility index (Phi) is 14.8. The molecule has 0 bridgehead atoms. The van der Waals surface area contributed by atoms with Crippen molar-refractivity contribution in [1.82, 2.24) is 15.3 Å². The quantitative estimate of drug-likeness (QED) is 0.0334. The van der Waals surface area contributed by atoms with E-state index in [1.165, 1.54) is 19.1 Å². The smallest absolute Gasteiger partial charge is 0.459 e. The number of nitrogens with one attached hydrogen (secondary N) is 2. The van der Waals surface area contributed by atoms with Gasteiger partial charge in [-0.1, -0.05) is 31.4 Å². The monoisotopic (exact) mass is 873 g/mol. The van der Waals surface area contributed by atoms with Gasteiger partial charge in [-0.15, -0.1) is 11.5 Å². The number of hydrogen-bond donors (Lipinski definition) is 5. The Morgan fingerprint density at radius 3 is 2.23 bits per heavy atom. The molecule has 5 N–H and O–H groups in total. The molecule has 4 heterocycles. The van der Waals surface area contributed by atoms with Crippen LogP contribution in [-0.4, -0.2) is 140 Å². The summed E-state index contributed by atoms with van der Waals surface area (Å²) in [4.78, 5) is 59.4. The van der Waals surface area contributed by atoms with Crippen LogP contribution in [0.4, 0.5) is 17.6 Å². The molecule has 0 spiro atoms. The lowest BCUT2D eigenvalue weighted by molar-refractivity contribution is -0.613. The number of aliphatic hydroxyl groups is 3. The number of halogens is 4. The van der Waals surface area contributed by atoms with E-state index in [4.69, 9.17) is 28.4 Å². The van der Waals surface area contributed by atoms with Gasteiger partial charge in [0.05, 0.1) is 12.5 Å². The van der Waals surface area contributed by atoms with Gasteiger partial charge in [-0.25, -0.2) is 22.1 Å². The van der Waals surface area contributed by atoms with Gasteiger partial charge in [0, 0.05) is 18.4 Å². The van der Waals surface area contributed by atoms with Crippen molar-refractivity contribution < 1.29 is 89.3 Å². The molecule has 326 valence electrons. The number of hydrogen-bond acceptors (Lipinski definition) is 14. The van der Waals surface area contributed by atoms with Gasteiger partial charge in [-0.05, 0) is 39.0 Å². The lowest BCUT2D eigenvalue weighted by atomic mass is 9.94. The Morgan fingerprint density at radius 2 is 1.67 bits per heavy atom. The van der Waals surface area contributed by atoms with Crippen molar-refractivity contribution in [1.29, 1.82) is 0 Å². The Morgan fingerprint density at radius 1 is 1.05 bits per heavy atom. The molecule has 2 saturated heterocycles. The van der Waals surface area contributed by atoms with Crippen molar-refractivity contribution in [3.05, 3.63) is 79.4 Å². The molecule has 0 radical (unpaired) electrons. The second kappa shape index (κ2) is 18.7. The van der Waals surface area contributed by atoms with E-state index < -0.39 is 123 Å². The van der Waals surface area contributed by atoms with Gasteiger partial charge in [0.2, 0.25) is 24.3 Å². The second-order valence-electron chi connectivity index (χ2n) is 13.8. The molecule has 3 amide bonds. The van der Waals surface area contributed by atoms with Crippen molar-refractivity contribution >= 4 is 43.4 Å². The van der Waals surface area contributed by atoms with E-state index in [0.29, 0.717) is 17.1 Å². The predicted molar refractivity (Wildman–Crippen MR) is 196 cm³/mol. The molecule has 10 atom stereocenters. The van der Waals surface area contributed by atoms with Gasteiger partial charge in [0.1, 0.15) is 25.0 Å². The molecule has 1 aromatic carbocycles. The summed E-state index contributed by atoms with van der Waals surface area (Å²) < 4.78 is 101. The lowest BCUT2D eigenvalue weighted by Crippen LogP contribution is -2.54. The summed E-state index contributed by atoms with van der Waals surface area (Å²) in [6, 6.07) is 6.29. The highest BCUT2D eigenvalue weighted by molar-refractivity contribution is 7.52. The maximum absolute atomic E-state index is 16.0. The number of ether oxygens (including phenoxy) is 3. The predicted octanol–water partition coefficient (Wildman–Crippen LogP) is 1.02. The highest BCUT2D eigenvalue weighted by atomic mass is 31.2. The number of allylic oxidation sites excluding steroid dienone is 1. The Balaban J connectivity index is 0.000000317. The molecule has 23 heteroatoms. The SMILES string of the molecule is C=C=C[C@]1(F)[C@H](N2C=CC(=O)CC2=O)O[C@](F)(CO)[C@H]1O.C=C=C[C@]1(F)[C@H]([N+]2=CC(=O)NC(=O)C2)O[C@](F)(COP(=O)(N[C@@H](C)C(=O)OC(C)C)Oc2ccccc2)[C@H]1O. The molecule has 1 unspecified atom stereocenters. The van der Waals surface area contributed by atoms with E-state index in [1.807, 2.05) is 5.32 Å². The zero-order valence-corrected chi connectivity index (χ0v) is 33.1. The molecule has 60 heavy (non-hydrogen) atoms. The van der Waals surface area contributed by atoms with Crippen molar-refractivity contribution in [2.45, 2.75) is 87.0 Å². The van der Waals surface area contributed by atoms with Crippen LogP contribution in [0.1, 0.15) is 27.2 Å². The number of carbonyl (C=O) groups is 5. The van der Waals surface area contributed by atoms with Crippen LogP contribution in [0, 0.1) is 0 Å². The van der Waals surface area contributed by atoms with Crippen LogP contribution in [-0.2, 0) is 47.3 Å². The van der Waals surface area contributed by atoms with Crippen molar-refractivity contribution in [3.8, 4) is 5.75 Å². The molecule has 0 aliphatic carbocycles. The molecule has 0 aromatic heterocycles. The zero-order valence-electron chi connectivity index (χ0n) is 32.2. The van der Waals surface area contributed by atoms with Gasteiger partial charge in [0.25, 0.3) is 23.3 Å². The average molecular weight is 874 g/mol. The van der Waals surface area contributed by atoms with Crippen LogP contribution in [0.2, 0.25) is 0 Å². The number of aliphatic hydroxyl groups excluding tert-OH is 3. The van der Waals surface area contributed by atoms with E-state index in [1.54, 1.807) is 32.0 Å². The highest BCUT2D eigenvalue weighted by Gasteiger charge is 2.71. The number of nitrogens with zero attached hydrogens (tertiary/aromatic N) is 2. The van der Waals surface area contributed by atoms with E-state index in [2.05, 4.69) is 29.7 Å². The Bertz CT molecular complexity index is 2070. The fourth-order valence-corrected chi connectivity index (χ4v) is 7.54. The first kappa shape index (κ1) is 47.6. The largest absolute Gasteiger partial charge is 0.462 e. The lowest BCUT2D eigenvalue weighted by Gasteiger charge is -2.32. The minimum absolute atomic E-state index is 0.0123. The Labute approximate surface area is 339 Å². The molecule has 18 nitrogen and oxygen atoms in total. The van der Waals surface area contributed by atoms with Crippen molar-refractivity contribution in [3.63, 3.8) is 0 Å².